The number of carbonyl (C=O) groups excluding carboxylic acids is 3. The van der Waals surface area contributed by atoms with E-state index in [1.807, 2.05) is 30.3 Å². The summed E-state index contributed by atoms with van der Waals surface area (Å²) in [6, 6.07) is 8.73. The number of rotatable bonds is 6. The van der Waals surface area contributed by atoms with Crippen molar-refractivity contribution in [3.8, 4) is 0 Å². The van der Waals surface area contributed by atoms with Crippen molar-refractivity contribution in [1.82, 2.24) is 10.2 Å². The van der Waals surface area contributed by atoms with Crippen LogP contribution in [0.25, 0.3) is 0 Å². The number of nitrogens with two attached hydrogens (primary N) is 1. The maximum atomic E-state index is 12.7. The first-order valence-electron chi connectivity index (χ1n) is 10.0. The normalized spacial score (nSPS) is 26.1. The molecule has 2 aliphatic rings. The van der Waals surface area contributed by atoms with Gasteiger partial charge in [0.1, 0.15) is 12.4 Å². The van der Waals surface area contributed by atoms with Gasteiger partial charge in [-0.1, -0.05) is 30.3 Å². The SMILES string of the molecule is CCOC(=O)[C@@H]1C2CC[C@H](NC(=O)C(N)=NC=NCc3ccccc3)C(=O)N(C)C21. The van der Waals surface area contributed by atoms with E-state index >= 15 is 0 Å². The van der Waals surface area contributed by atoms with Crippen LogP contribution in [0.15, 0.2) is 40.3 Å². The van der Waals surface area contributed by atoms with Crippen LogP contribution in [0.1, 0.15) is 25.3 Å². The van der Waals surface area contributed by atoms with Gasteiger partial charge >= 0.3 is 5.97 Å². The number of likely N-dealkylation sites (N-methyl/N-ethyl adjacent to an activating group) is 1. The lowest BCUT2D eigenvalue weighted by atomic mass is 10.1. The van der Waals surface area contributed by atoms with Gasteiger partial charge in [-0.05, 0) is 31.2 Å². The Morgan fingerprint density at radius 3 is 2.73 bits per heavy atom. The molecule has 0 bridgehead atoms. The van der Waals surface area contributed by atoms with Gasteiger partial charge in [-0.25, -0.2) is 4.99 Å². The van der Waals surface area contributed by atoms with Crippen LogP contribution in [0.4, 0.5) is 0 Å². The molecule has 2 fully saturated rings. The molecule has 1 heterocycles. The fraction of sp³-hybridized carbons (Fsp3) is 0.476. The third-order valence-electron chi connectivity index (χ3n) is 5.50. The number of nitrogens with one attached hydrogen (secondary N) is 1. The van der Waals surface area contributed by atoms with Gasteiger partial charge in [0.05, 0.1) is 19.1 Å². The molecule has 4 atom stereocenters. The summed E-state index contributed by atoms with van der Waals surface area (Å²) in [5, 5.41) is 2.64. The standard InChI is InChI=1S/C21H27N5O4/c1-3-30-21(29)16-14-9-10-15(20(28)26(2)17(14)16)25-19(27)18(22)24-12-23-11-13-7-5-4-6-8-13/h4-8,12,14-17H,3,9-11H2,1-2H3,(H,25,27)(H2,22,23,24)/t14?,15-,16+,17?/m0/s1. The van der Waals surface area contributed by atoms with Gasteiger partial charge in [0, 0.05) is 13.1 Å². The maximum Gasteiger partial charge on any atom is 0.311 e. The number of aliphatic imine (C=N–C) groups is 2. The predicted octanol–water partition coefficient (Wildman–Crippen LogP) is 0.487. The number of hydrogen-bond donors (Lipinski definition) is 2. The summed E-state index contributed by atoms with van der Waals surface area (Å²) in [6.07, 6.45) is 2.31. The van der Waals surface area contributed by atoms with Crippen LogP contribution in [-0.4, -0.2) is 60.6 Å². The minimum atomic E-state index is -0.701. The summed E-state index contributed by atoms with van der Waals surface area (Å²) in [6.45, 7) is 2.50. The largest absolute Gasteiger partial charge is 0.466 e. The van der Waals surface area contributed by atoms with Crippen LogP contribution in [0.5, 0.6) is 0 Å². The first-order chi connectivity index (χ1) is 14.4. The summed E-state index contributed by atoms with van der Waals surface area (Å²) in [5.41, 5.74) is 6.74. The topological polar surface area (TPSA) is 126 Å². The number of carbonyl (C=O) groups is 3. The molecule has 1 aromatic rings. The highest BCUT2D eigenvalue weighted by Gasteiger charge is 2.60. The Labute approximate surface area is 175 Å². The second kappa shape index (κ2) is 9.51. The van der Waals surface area contributed by atoms with Crippen LogP contribution in [0, 0.1) is 11.8 Å². The highest BCUT2D eigenvalue weighted by molar-refractivity contribution is 6.38. The molecule has 1 aromatic carbocycles. The molecule has 30 heavy (non-hydrogen) atoms. The molecule has 0 radical (unpaired) electrons. The minimum absolute atomic E-state index is 0.0658. The molecule has 0 spiro atoms. The smallest absolute Gasteiger partial charge is 0.311 e. The van der Waals surface area contributed by atoms with Gasteiger partial charge < -0.3 is 20.7 Å². The number of amidine groups is 1. The second-order valence-electron chi connectivity index (χ2n) is 7.44. The lowest BCUT2D eigenvalue weighted by Gasteiger charge is -2.23. The van der Waals surface area contributed by atoms with Crippen molar-refractivity contribution in [2.45, 2.75) is 38.4 Å². The highest BCUT2D eigenvalue weighted by Crippen LogP contribution is 2.48. The Balaban J connectivity index is 1.53. The predicted molar refractivity (Wildman–Crippen MR) is 112 cm³/mol. The van der Waals surface area contributed by atoms with Crippen LogP contribution in [0.3, 0.4) is 0 Å². The molecular weight excluding hydrogens is 386 g/mol. The van der Waals surface area contributed by atoms with E-state index in [2.05, 4.69) is 15.3 Å². The third kappa shape index (κ3) is 4.84. The molecule has 3 N–H and O–H groups in total. The van der Waals surface area contributed by atoms with E-state index in [9.17, 15) is 14.4 Å². The molecule has 1 saturated carbocycles. The van der Waals surface area contributed by atoms with Crippen LogP contribution in [0.2, 0.25) is 0 Å². The van der Waals surface area contributed by atoms with Crippen LogP contribution < -0.4 is 11.1 Å². The summed E-state index contributed by atoms with van der Waals surface area (Å²) in [5.74, 6) is -1.60. The average Bonchev–Trinajstić information content (AvgIpc) is 3.49. The molecular formula is C21H27N5O4. The van der Waals surface area contributed by atoms with Crippen molar-refractivity contribution in [2.24, 2.45) is 27.6 Å². The number of ether oxygens (including phenoxy) is 1. The summed E-state index contributed by atoms with van der Waals surface area (Å²) >= 11 is 0. The minimum Gasteiger partial charge on any atom is -0.466 e. The highest BCUT2D eigenvalue weighted by atomic mass is 16.5. The monoisotopic (exact) mass is 413 g/mol. The van der Waals surface area contributed by atoms with E-state index < -0.39 is 11.9 Å². The van der Waals surface area contributed by atoms with E-state index in [-0.39, 0.29) is 35.6 Å². The lowest BCUT2D eigenvalue weighted by molar-refractivity contribution is -0.146. The maximum absolute atomic E-state index is 12.7. The number of esters is 1. The molecule has 0 aromatic heterocycles. The van der Waals surface area contributed by atoms with E-state index in [4.69, 9.17) is 10.5 Å². The Morgan fingerprint density at radius 2 is 2.03 bits per heavy atom. The van der Waals surface area contributed by atoms with E-state index in [1.165, 1.54) is 6.34 Å². The zero-order valence-electron chi connectivity index (χ0n) is 17.2. The Kier molecular flexibility index (Phi) is 6.81. The zero-order chi connectivity index (χ0) is 21.7. The Morgan fingerprint density at radius 1 is 1.30 bits per heavy atom. The van der Waals surface area contributed by atoms with Crippen molar-refractivity contribution in [2.75, 3.05) is 13.7 Å². The Hall–Kier alpha value is -3.23. The van der Waals surface area contributed by atoms with Crippen molar-refractivity contribution >= 4 is 30.0 Å². The summed E-state index contributed by atoms with van der Waals surface area (Å²) in [7, 11) is 1.65. The molecule has 2 amide bonds. The fourth-order valence-corrected chi connectivity index (χ4v) is 3.92. The van der Waals surface area contributed by atoms with Gasteiger partial charge in [-0.3, -0.25) is 19.4 Å². The Bertz CT molecular complexity index is 854. The van der Waals surface area contributed by atoms with Crippen molar-refractivity contribution in [3.05, 3.63) is 35.9 Å². The second-order valence-corrected chi connectivity index (χ2v) is 7.44. The number of hydrogen-bond acceptors (Lipinski definition) is 5. The van der Waals surface area contributed by atoms with E-state index in [0.717, 1.165) is 5.56 Å². The fourth-order valence-electron chi connectivity index (χ4n) is 3.92. The molecule has 160 valence electrons. The third-order valence-corrected chi connectivity index (χ3v) is 5.50. The first kappa shape index (κ1) is 21.5. The van der Waals surface area contributed by atoms with E-state index in [1.54, 1.807) is 18.9 Å². The number of amides is 2. The van der Waals surface area contributed by atoms with E-state index in [0.29, 0.717) is 26.0 Å². The molecule has 1 aliphatic heterocycles. The van der Waals surface area contributed by atoms with Crippen LogP contribution in [-0.2, 0) is 25.7 Å². The zero-order valence-corrected chi connectivity index (χ0v) is 17.2. The molecule has 9 nitrogen and oxygen atoms in total. The van der Waals surface area contributed by atoms with Crippen molar-refractivity contribution in [1.29, 1.82) is 0 Å². The van der Waals surface area contributed by atoms with Gasteiger partial charge in [0.2, 0.25) is 5.91 Å². The van der Waals surface area contributed by atoms with Gasteiger partial charge in [0.15, 0.2) is 5.84 Å². The van der Waals surface area contributed by atoms with Crippen molar-refractivity contribution < 1.29 is 19.1 Å². The quantitative estimate of drug-likeness (QED) is 0.399. The molecule has 1 saturated heterocycles. The lowest BCUT2D eigenvalue weighted by Crippen LogP contribution is -2.50. The van der Waals surface area contributed by atoms with Crippen molar-refractivity contribution in [3.63, 3.8) is 0 Å². The number of fused-ring (bicyclic) bond motifs is 1. The van der Waals surface area contributed by atoms with Crippen LogP contribution >= 0.6 is 0 Å². The molecule has 1 aliphatic carbocycles. The van der Waals surface area contributed by atoms with Gasteiger partial charge in [0.25, 0.3) is 5.91 Å². The number of benzene rings is 1. The number of nitrogens with zero attached hydrogens (tertiary/aromatic N) is 3. The van der Waals surface area contributed by atoms with Gasteiger partial charge in [-0.15, -0.1) is 0 Å². The molecule has 9 heteroatoms. The average molecular weight is 413 g/mol. The van der Waals surface area contributed by atoms with Gasteiger partial charge in [-0.2, -0.15) is 0 Å². The molecule has 3 rings (SSSR count). The first-order valence-corrected chi connectivity index (χ1v) is 10.0. The number of likely N-dealkylation sites (tertiary alicyclic amines) is 1. The summed E-state index contributed by atoms with van der Waals surface area (Å²) < 4.78 is 5.09. The molecule has 2 unspecified atom stereocenters. The summed E-state index contributed by atoms with van der Waals surface area (Å²) in [4.78, 5) is 46.6.